The number of anilines is 1. The molecule has 2 aromatic rings. The van der Waals surface area contributed by atoms with Crippen molar-refractivity contribution < 1.29 is 17.9 Å². The number of hydrogen-bond donors (Lipinski definition) is 1. The Bertz CT molecular complexity index is 944. The van der Waals surface area contributed by atoms with Crippen molar-refractivity contribution in [2.75, 3.05) is 25.5 Å². The monoisotopic (exact) mass is 430 g/mol. The summed E-state index contributed by atoms with van der Waals surface area (Å²) < 4.78 is 31.8. The summed E-state index contributed by atoms with van der Waals surface area (Å²) in [5.74, 6) is -0.00217. The third-order valence-electron chi connectivity index (χ3n) is 3.93. The van der Waals surface area contributed by atoms with E-state index in [-0.39, 0.29) is 15.5 Å². The minimum Gasteiger partial charge on any atom is -0.495 e. The smallest absolute Gasteiger partial charge is 0.255 e. The fourth-order valence-corrected chi connectivity index (χ4v) is 4.71. The highest BCUT2D eigenvalue weighted by Gasteiger charge is 2.25. The van der Waals surface area contributed by atoms with E-state index in [4.69, 9.17) is 27.9 Å². The number of nitrogens with one attached hydrogen (secondary N) is 1. The van der Waals surface area contributed by atoms with Gasteiger partial charge >= 0.3 is 0 Å². The van der Waals surface area contributed by atoms with Crippen molar-refractivity contribution in [1.82, 2.24) is 4.31 Å². The van der Waals surface area contributed by atoms with E-state index in [2.05, 4.69) is 5.32 Å². The molecular formula is C18H20Cl2N2O4S. The van der Waals surface area contributed by atoms with Gasteiger partial charge in [-0.3, -0.25) is 4.79 Å². The van der Waals surface area contributed by atoms with Gasteiger partial charge in [-0.1, -0.05) is 37.0 Å². The lowest BCUT2D eigenvalue weighted by Crippen LogP contribution is -2.31. The Hall–Kier alpha value is -1.80. The van der Waals surface area contributed by atoms with Gasteiger partial charge in [-0.15, -0.1) is 0 Å². The molecule has 0 aromatic heterocycles. The summed E-state index contributed by atoms with van der Waals surface area (Å²) in [7, 11) is -2.30. The Kier molecular flexibility index (Phi) is 7.11. The lowest BCUT2D eigenvalue weighted by molar-refractivity contribution is 0.102. The molecule has 0 unspecified atom stereocenters. The molecule has 1 amide bonds. The molecule has 0 bridgehead atoms. The number of amides is 1. The predicted molar refractivity (Wildman–Crippen MR) is 108 cm³/mol. The first kappa shape index (κ1) is 21.5. The van der Waals surface area contributed by atoms with Crippen molar-refractivity contribution in [1.29, 1.82) is 0 Å². The molecule has 27 heavy (non-hydrogen) atoms. The van der Waals surface area contributed by atoms with Crippen LogP contribution in [0.3, 0.4) is 0 Å². The van der Waals surface area contributed by atoms with E-state index in [9.17, 15) is 13.2 Å². The number of ether oxygens (including phenoxy) is 1. The SMILES string of the molecule is CCN(CC)S(=O)(=O)c1cc(C(=O)Nc2ccc(OC)c(Cl)c2)ccc1Cl. The fraction of sp³-hybridized carbons (Fsp3) is 0.278. The standard InChI is InChI=1S/C18H20Cl2N2O4S/c1-4-22(5-2)27(24,25)17-10-12(6-8-14(17)19)18(23)21-13-7-9-16(26-3)15(20)11-13/h6-11H,4-5H2,1-3H3,(H,21,23). The van der Waals surface area contributed by atoms with Crippen LogP contribution in [0, 0.1) is 0 Å². The maximum absolute atomic E-state index is 12.7. The Morgan fingerprint density at radius 2 is 1.74 bits per heavy atom. The van der Waals surface area contributed by atoms with Crippen molar-refractivity contribution in [3.63, 3.8) is 0 Å². The molecule has 6 nitrogen and oxygen atoms in total. The molecule has 0 radical (unpaired) electrons. The molecule has 0 aliphatic rings. The number of rotatable bonds is 7. The van der Waals surface area contributed by atoms with Gasteiger partial charge in [-0.25, -0.2) is 8.42 Å². The van der Waals surface area contributed by atoms with E-state index in [1.54, 1.807) is 32.0 Å². The van der Waals surface area contributed by atoms with E-state index in [0.29, 0.717) is 29.5 Å². The largest absolute Gasteiger partial charge is 0.495 e. The number of benzene rings is 2. The van der Waals surface area contributed by atoms with Gasteiger partial charge in [0.15, 0.2) is 0 Å². The zero-order valence-electron chi connectivity index (χ0n) is 15.1. The third-order valence-corrected chi connectivity index (χ3v) is 6.75. The number of sulfonamides is 1. The van der Waals surface area contributed by atoms with Crippen LogP contribution in [-0.4, -0.2) is 38.8 Å². The summed E-state index contributed by atoms with van der Waals surface area (Å²) in [5, 5.41) is 3.08. The Balaban J connectivity index is 2.34. The summed E-state index contributed by atoms with van der Waals surface area (Å²) in [6, 6.07) is 8.93. The molecule has 0 heterocycles. The van der Waals surface area contributed by atoms with Gasteiger partial charge in [0.2, 0.25) is 10.0 Å². The van der Waals surface area contributed by atoms with E-state index < -0.39 is 15.9 Å². The van der Waals surface area contributed by atoms with Gasteiger partial charge < -0.3 is 10.1 Å². The molecule has 9 heteroatoms. The summed E-state index contributed by atoms with van der Waals surface area (Å²) >= 11 is 12.1. The normalized spacial score (nSPS) is 11.5. The van der Waals surface area contributed by atoms with E-state index in [1.165, 1.54) is 29.6 Å². The quantitative estimate of drug-likeness (QED) is 0.710. The average Bonchev–Trinajstić information content (AvgIpc) is 2.62. The molecule has 0 saturated heterocycles. The molecule has 146 valence electrons. The van der Waals surface area contributed by atoms with Crippen molar-refractivity contribution >= 4 is 44.8 Å². The number of nitrogens with zero attached hydrogens (tertiary/aromatic N) is 1. The van der Waals surface area contributed by atoms with Crippen LogP contribution in [0.15, 0.2) is 41.3 Å². The van der Waals surface area contributed by atoms with Crippen LogP contribution in [0.25, 0.3) is 0 Å². The summed E-state index contributed by atoms with van der Waals surface area (Å²) in [5.41, 5.74) is 0.617. The molecular weight excluding hydrogens is 411 g/mol. The molecule has 0 saturated carbocycles. The van der Waals surface area contributed by atoms with Gasteiger partial charge in [0.1, 0.15) is 10.6 Å². The minimum absolute atomic E-state index is 0.0611. The number of methoxy groups -OCH3 is 1. The maximum Gasteiger partial charge on any atom is 0.255 e. The number of halogens is 2. The van der Waals surface area contributed by atoms with E-state index >= 15 is 0 Å². The van der Waals surface area contributed by atoms with E-state index in [1.807, 2.05) is 0 Å². The van der Waals surface area contributed by atoms with Crippen LogP contribution in [0.4, 0.5) is 5.69 Å². The molecule has 0 atom stereocenters. The van der Waals surface area contributed by atoms with Gasteiger partial charge in [0.25, 0.3) is 5.91 Å². The van der Waals surface area contributed by atoms with Crippen LogP contribution in [-0.2, 0) is 10.0 Å². The third kappa shape index (κ3) is 4.73. The van der Waals surface area contributed by atoms with Crippen molar-refractivity contribution in [2.45, 2.75) is 18.7 Å². The average molecular weight is 431 g/mol. The molecule has 2 aromatic carbocycles. The Morgan fingerprint density at radius 1 is 1.07 bits per heavy atom. The fourth-order valence-electron chi connectivity index (χ4n) is 2.49. The second-order valence-electron chi connectivity index (χ2n) is 5.54. The predicted octanol–water partition coefficient (Wildman–Crippen LogP) is 4.28. The van der Waals surface area contributed by atoms with E-state index in [0.717, 1.165) is 0 Å². The molecule has 1 N–H and O–H groups in total. The van der Waals surface area contributed by atoms with Crippen LogP contribution >= 0.6 is 23.2 Å². The zero-order valence-corrected chi connectivity index (χ0v) is 17.5. The first-order chi connectivity index (χ1) is 12.7. The lowest BCUT2D eigenvalue weighted by atomic mass is 10.2. The van der Waals surface area contributed by atoms with Crippen LogP contribution in [0.1, 0.15) is 24.2 Å². The van der Waals surface area contributed by atoms with Crippen LogP contribution in [0.2, 0.25) is 10.0 Å². The molecule has 2 rings (SSSR count). The molecule has 0 aliphatic carbocycles. The number of carbonyl (C=O) groups excluding carboxylic acids is 1. The first-order valence-corrected chi connectivity index (χ1v) is 10.4. The molecule has 0 spiro atoms. The number of carbonyl (C=O) groups is 1. The summed E-state index contributed by atoms with van der Waals surface area (Å²) in [4.78, 5) is 12.4. The second-order valence-corrected chi connectivity index (χ2v) is 8.26. The lowest BCUT2D eigenvalue weighted by Gasteiger charge is -2.19. The highest BCUT2D eigenvalue weighted by molar-refractivity contribution is 7.89. The maximum atomic E-state index is 12.7. The second kappa shape index (κ2) is 8.93. The topological polar surface area (TPSA) is 75.7 Å². The number of hydrogen-bond acceptors (Lipinski definition) is 4. The molecule has 0 aliphatic heterocycles. The summed E-state index contributed by atoms with van der Waals surface area (Å²) in [6.45, 7) is 4.07. The van der Waals surface area contributed by atoms with Crippen LogP contribution in [0.5, 0.6) is 5.75 Å². The van der Waals surface area contributed by atoms with Crippen LogP contribution < -0.4 is 10.1 Å². The zero-order chi connectivity index (χ0) is 20.2. The van der Waals surface area contributed by atoms with Gasteiger partial charge in [-0.2, -0.15) is 4.31 Å². The highest BCUT2D eigenvalue weighted by Crippen LogP contribution is 2.29. The minimum atomic E-state index is -3.79. The van der Waals surface area contributed by atoms with Crippen molar-refractivity contribution in [2.24, 2.45) is 0 Å². The highest BCUT2D eigenvalue weighted by atomic mass is 35.5. The first-order valence-electron chi connectivity index (χ1n) is 8.19. The van der Waals surface area contributed by atoms with Gasteiger partial charge in [-0.05, 0) is 36.4 Å². The molecule has 0 fully saturated rings. The Morgan fingerprint density at radius 3 is 2.30 bits per heavy atom. The summed E-state index contributed by atoms with van der Waals surface area (Å²) in [6.07, 6.45) is 0. The van der Waals surface area contributed by atoms with Gasteiger partial charge in [0.05, 0.1) is 17.2 Å². The van der Waals surface area contributed by atoms with Crippen molar-refractivity contribution in [3.05, 3.63) is 52.0 Å². The Labute approximate surface area is 169 Å². The van der Waals surface area contributed by atoms with Gasteiger partial charge in [0, 0.05) is 24.3 Å². The van der Waals surface area contributed by atoms with Crippen molar-refractivity contribution in [3.8, 4) is 5.75 Å².